The monoisotopic (exact) mass is 267 g/mol. The molecule has 1 aliphatic carbocycles. The van der Waals surface area contributed by atoms with E-state index in [2.05, 4.69) is 39.1 Å². The molecule has 2 aliphatic rings. The van der Waals surface area contributed by atoms with E-state index in [-0.39, 0.29) is 5.60 Å². The van der Waals surface area contributed by atoms with E-state index < -0.39 is 0 Å². The Morgan fingerprint density at radius 3 is 2.85 bits per heavy atom. The Morgan fingerprint density at radius 1 is 1.10 bits per heavy atom. The minimum absolute atomic E-state index is 0.173. The van der Waals surface area contributed by atoms with Crippen LogP contribution in [0.2, 0.25) is 0 Å². The summed E-state index contributed by atoms with van der Waals surface area (Å²) in [6.07, 6.45) is 5.75. The first-order chi connectivity index (χ1) is 9.87. The minimum atomic E-state index is -0.173. The Kier molecular flexibility index (Phi) is 2.70. The lowest BCUT2D eigenvalue weighted by atomic mass is 9.94. The Balaban J connectivity index is 1.68. The third-order valence-corrected chi connectivity index (χ3v) is 4.33. The Hall–Kier alpha value is -1.94. The highest BCUT2D eigenvalue weighted by molar-refractivity contribution is 5.41. The van der Waals surface area contributed by atoms with Crippen molar-refractivity contribution in [3.63, 3.8) is 0 Å². The second kappa shape index (κ2) is 4.56. The Bertz CT molecular complexity index is 612. The lowest BCUT2D eigenvalue weighted by Gasteiger charge is -2.41. The van der Waals surface area contributed by atoms with E-state index >= 15 is 0 Å². The van der Waals surface area contributed by atoms with Crippen molar-refractivity contribution in [1.82, 2.24) is 9.97 Å². The van der Waals surface area contributed by atoms with Crippen molar-refractivity contribution in [3.8, 4) is 0 Å². The summed E-state index contributed by atoms with van der Waals surface area (Å²) in [6.45, 7) is 2.43. The summed E-state index contributed by atoms with van der Waals surface area (Å²) in [7, 11) is 0. The Morgan fingerprint density at radius 2 is 1.95 bits per heavy atom. The fourth-order valence-corrected chi connectivity index (χ4v) is 3.38. The number of hydrogen-bond donors (Lipinski definition) is 0. The van der Waals surface area contributed by atoms with Gasteiger partial charge in [0.2, 0.25) is 5.95 Å². The van der Waals surface area contributed by atoms with Gasteiger partial charge in [0.1, 0.15) is 5.60 Å². The summed E-state index contributed by atoms with van der Waals surface area (Å²) in [5.41, 5.74) is 2.59. The molecule has 1 atom stereocenters. The van der Waals surface area contributed by atoms with Gasteiger partial charge in [-0.3, -0.25) is 0 Å². The normalized spacial score (nSPS) is 24.9. The minimum Gasteiger partial charge on any atom is -0.367 e. The molecule has 20 heavy (non-hydrogen) atoms. The third kappa shape index (κ3) is 1.79. The average Bonchev–Trinajstić information content (AvgIpc) is 2.87. The highest BCUT2D eigenvalue weighted by Gasteiger charge is 2.43. The number of ether oxygens (including phenoxy) is 1. The molecule has 2 aromatic rings. The second-order valence-electron chi connectivity index (χ2n) is 5.47. The van der Waals surface area contributed by atoms with E-state index in [9.17, 15) is 0 Å². The number of benzene rings is 1. The van der Waals surface area contributed by atoms with E-state index in [4.69, 9.17) is 4.74 Å². The summed E-state index contributed by atoms with van der Waals surface area (Å²) >= 11 is 0. The zero-order valence-corrected chi connectivity index (χ0v) is 11.3. The quantitative estimate of drug-likeness (QED) is 0.793. The topological polar surface area (TPSA) is 38.2 Å². The van der Waals surface area contributed by atoms with Crippen LogP contribution in [0.3, 0.4) is 0 Å². The van der Waals surface area contributed by atoms with Crippen LogP contribution in [0, 0.1) is 0 Å². The predicted molar refractivity (Wildman–Crippen MR) is 76.6 cm³/mol. The fraction of sp³-hybridized carbons (Fsp3) is 0.375. The molecule has 0 unspecified atom stereocenters. The molecular weight excluding hydrogens is 250 g/mol. The lowest BCUT2D eigenvalue weighted by Crippen LogP contribution is -2.49. The maximum Gasteiger partial charge on any atom is 0.225 e. The number of rotatable bonds is 1. The number of morpholine rings is 1. The van der Waals surface area contributed by atoms with Crippen LogP contribution in [0.4, 0.5) is 5.95 Å². The van der Waals surface area contributed by atoms with E-state index in [1.54, 1.807) is 12.4 Å². The maximum atomic E-state index is 6.21. The van der Waals surface area contributed by atoms with Crippen LogP contribution < -0.4 is 4.90 Å². The van der Waals surface area contributed by atoms with Gasteiger partial charge in [0, 0.05) is 18.9 Å². The molecule has 2 heterocycles. The van der Waals surface area contributed by atoms with Crippen molar-refractivity contribution in [2.75, 3.05) is 24.6 Å². The molecule has 4 rings (SSSR count). The molecule has 1 spiro atoms. The zero-order valence-electron chi connectivity index (χ0n) is 11.3. The van der Waals surface area contributed by atoms with Gasteiger partial charge in [-0.1, -0.05) is 24.3 Å². The molecule has 1 aromatic heterocycles. The smallest absolute Gasteiger partial charge is 0.225 e. The molecule has 0 bridgehead atoms. The molecule has 0 N–H and O–H groups in total. The molecular formula is C16H17N3O. The van der Waals surface area contributed by atoms with Gasteiger partial charge in [-0.05, 0) is 30.0 Å². The average molecular weight is 267 g/mol. The van der Waals surface area contributed by atoms with Crippen molar-refractivity contribution < 1.29 is 4.74 Å². The van der Waals surface area contributed by atoms with Crippen molar-refractivity contribution in [2.24, 2.45) is 0 Å². The summed E-state index contributed by atoms with van der Waals surface area (Å²) in [5, 5.41) is 0. The van der Waals surface area contributed by atoms with E-state index in [1.165, 1.54) is 11.1 Å². The molecule has 4 heteroatoms. The molecule has 0 radical (unpaired) electrons. The van der Waals surface area contributed by atoms with Crippen molar-refractivity contribution in [1.29, 1.82) is 0 Å². The molecule has 102 valence electrons. The van der Waals surface area contributed by atoms with Crippen LogP contribution >= 0.6 is 0 Å². The first kappa shape index (κ1) is 11.9. The molecule has 0 saturated carbocycles. The van der Waals surface area contributed by atoms with Gasteiger partial charge >= 0.3 is 0 Å². The lowest BCUT2D eigenvalue weighted by molar-refractivity contribution is -0.0596. The molecule has 0 amide bonds. The van der Waals surface area contributed by atoms with Gasteiger partial charge in [0.15, 0.2) is 0 Å². The highest BCUT2D eigenvalue weighted by Crippen LogP contribution is 2.42. The van der Waals surface area contributed by atoms with Gasteiger partial charge in [0.05, 0.1) is 13.2 Å². The zero-order chi connectivity index (χ0) is 13.4. The fourth-order valence-electron chi connectivity index (χ4n) is 3.38. The van der Waals surface area contributed by atoms with Gasteiger partial charge < -0.3 is 9.64 Å². The largest absolute Gasteiger partial charge is 0.367 e. The number of nitrogens with zero attached hydrogens (tertiary/aromatic N) is 3. The van der Waals surface area contributed by atoms with E-state index in [1.807, 2.05) is 6.07 Å². The molecule has 1 aliphatic heterocycles. The van der Waals surface area contributed by atoms with Crippen LogP contribution in [0.25, 0.3) is 0 Å². The van der Waals surface area contributed by atoms with Crippen molar-refractivity contribution in [3.05, 3.63) is 53.9 Å². The van der Waals surface area contributed by atoms with Gasteiger partial charge in [-0.2, -0.15) is 0 Å². The van der Waals surface area contributed by atoms with E-state index in [0.29, 0.717) is 0 Å². The van der Waals surface area contributed by atoms with Crippen LogP contribution in [-0.4, -0.2) is 29.7 Å². The van der Waals surface area contributed by atoms with Crippen LogP contribution in [0.15, 0.2) is 42.7 Å². The van der Waals surface area contributed by atoms with Crippen molar-refractivity contribution in [2.45, 2.75) is 18.4 Å². The van der Waals surface area contributed by atoms with E-state index in [0.717, 1.165) is 38.5 Å². The summed E-state index contributed by atoms with van der Waals surface area (Å²) < 4.78 is 6.21. The van der Waals surface area contributed by atoms with Gasteiger partial charge in [-0.15, -0.1) is 0 Å². The molecule has 1 aromatic carbocycles. The number of aryl methyl sites for hydroxylation is 1. The van der Waals surface area contributed by atoms with Crippen LogP contribution in [-0.2, 0) is 16.8 Å². The van der Waals surface area contributed by atoms with Crippen LogP contribution in [0.1, 0.15) is 17.5 Å². The summed E-state index contributed by atoms with van der Waals surface area (Å²) in [6, 6.07) is 10.5. The number of aromatic nitrogens is 2. The number of fused-ring (bicyclic) bond motifs is 2. The summed E-state index contributed by atoms with van der Waals surface area (Å²) in [5.74, 6) is 0.805. The number of anilines is 1. The van der Waals surface area contributed by atoms with Crippen LogP contribution in [0.5, 0.6) is 0 Å². The molecule has 4 nitrogen and oxygen atoms in total. The number of hydrogen-bond acceptors (Lipinski definition) is 4. The first-order valence-corrected chi connectivity index (χ1v) is 7.12. The summed E-state index contributed by atoms with van der Waals surface area (Å²) in [4.78, 5) is 11.0. The second-order valence-corrected chi connectivity index (χ2v) is 5.47. The van der Waals surface area contributed by atoms with Crippen molar-refractivity contribution >= 4 is 5.95 Å². The first-order valence-electron chi connectivity index (χ1n) is 7.12. The molecule has 1 saturated heterocycles. The maximum absolute atomic E-state index is 6.21. The molecule has 1 fully saturated rings. The predicted octanol–water partition coefficient (Wildman–Crippen LogP) is 2.15. The Labute approximate surface area is 118 Å². The highest BCUT2D eigenvalue weighted by atomic mass is 16.5. The van der Waals surface area contributed by atoms with Gasteiger partial charge in [-0.25, -0.2) is 9.97 Å². The SMILES string of the molecule is c1cnc(N2CCO[C@]3(CCc4ccccc43)C2)nc1. The third-order valence-electron chi connectivity index (χ3n) is 4.33. The van der Waals surface area contributed by atoms with Gasteiger partial charge in [0.25, 0.3) is 0 Å². The standard InChI is InChI=1S/C16H17N3O/c1-2-5-14-13(4-1)6-7-16(14)12-19(10-11-20-16)15-17-8-3-9-18-15/h1-5,8-9H,6-7,10-12H2/t16-/m1/s1.